The fourth-order valence-electron chi connectivity index (χ4n) is 4.44. The fourth-order valence-corrected chi connectivity index (χ4v) is 4.44. The highest BCUT2D eigenvalue weighted by molar-refractivity contribution is 5.89. The third-order valence-corrected chi connectivity index (χ3v) is 5.43. The SMILES string of the molecule is CC1CCCCC1N1C(=O)C2(CCCC2)NC1C. The number of nitrogens with one attached hydrogen (secondary N) is 1. The molecule has 1 heterocycles. The van der Waals surface area contributed by atoms with Crippen LogP contribution in [0, 0.1) is 5.92 Å². The molecular formula is C15H26N2O. The molecule has 0 aromatic carbocycles. The molecule has 3 nitrogen and oxygen atoms in total. The first-order valence-corrected chi connectivity index (χ1v) is 7.74. The Morgan fingerprint density at radius 1 is 1.11 bits per heavy atom. The predicted octanol–water partition coefficient (Wildman–Crippen LogP) is 2.66. The molecule has 0 aromatic heterocycles. The Morgan fingerprint density at radius 2 is 1.78 bits per heavy atom. The van der Waals surface area contributed by atoms with Crippen LogP contribution in [0.5, 0.6) is 0 Å². The predicted molar refractivity (Wildman–Crippen MR) is 72.1 cm³/mol. The molecule has 2 saturated carbocycles. The molecule has 3 fully saturated rings. The van der Waals surface area contributed by atoms with Crippen LogP contribution in [0.1, 0.15) is 65.2 Å². The highest BCUT2D eigenvalue weighted by Gasteiger charge is 2.53. The fraction of sp³-hybridized carbons (Fsp3) is 0.933. The molecule has 3 unspecified atom stereocenters. The van der Waals surface area contributed by atoms with Gasteiger partial charge in [-0.05, 0) is 38.5 Å². The van der Waals surface area contributed by atoms with Crippen molar-refractivity contribution in [2.24, 2.45) is 5.92 Å². The Labute approximate surface area is 110 Å². The van der Waals surface area contributed by atoms with Crippen molar-refractivity contribution >= 4 is 5.91 Å². The summed E-state index contributed by atoms with van der Waals surface area (Å²) in [6, 6.07) is 0.480. The third kappa shape index (κ3) is 1.78. The highest BCUT2D eigenvalue weighted by Crippen LogP contribution is 2.40. The summed E-state index contributed by atoms with van der Waals surface area (Å²) in [5, 5.41) is 3.62. The van der Waals surface area contributed by atoms with E-state index in [1.807, 2.05) is 0 Å². The van der Waals surface area contributed by atoms with Crippen LogP contribution < -0.4 is 5.32 Å². The zero-order valence-electron chi connectivity index (χ0n) is 11.7. The van der Waals surface area contributed by atoms with Gasteiger partial charge in [0.15, 0.2) is 0 Å². The van der Waals surface area contributed by atoms with Crippen LogP contribution in [-0.4, -0.2) is 28.6 Å². The van der Waals surface area contributed by atoms with Gasteiger partial charge in [0.1, 0.15) is 0 Å². The van der Waals surface area contributed by atoms with E-state index >= 15 is 0 Å². The van der Waals surface area contributed by atoms with Gasteiger partial charge < -0.3 is 4.90 Å². The van der Waals surface area contributed by atoms with E-state index < -0.39 is 0 Å². The van der Waals surface area contributed by atoms with Crippen LogP contribution in [0.25, 0.3) is 0 Å². The molecule has 3 heteroatoms. The van der Waals surface area contributed by atoms with E-state index in [4.69, 9.17) is 0 Å². The van der Waals surface area contributed by atoms with Gasteiger partial charge in [-0.1, -0.05) is 32.6 Å². The molecule has 1 saturated heterocycles. The monoisotopic (exact) mass is 250 g/mol. The first-order chi connectivity index (χ1) is 8.64. The molecule has 3 atom stereocenters. The number of carbonyl (C=O) groups is 1. The lowest BCUT2D eigenvalue weighted by molar-refractivity contribution is -0.136. The topological polar surface area (TPSA) is 32.3 Å². The van der Waals surface area contributed by atoms with E-state index in [0.29, 0.717) is 17.9 Å². The summed E-state index contributed by atoms with van der Waals surface area (Å²) < 4.78 is 0. The van der Waals surface area contributed by atoms with Gasteiger partial charge in [0.05, 0.1) is 11.7 Å². The zero-order chi connectivity index (χ0) is 12.8. The molecule has 3 aliphatic rings. The van der Waals surface area contributed by atoms with Crippen molar-refractivity contribution in [3.8, 4) is 0 Å². The van der Waals surface area contributed by atoms with Gasteiger partial charge in [0.25, 0.3) is 0 Å². The van der Waals surface area contributed by atoms with E-state index in [1.54, 1.807) is 0 Å². The maximum Gasteiger partial charge on any atom is 0.244 e. The smallest absolute Gasteiger partial charge is 0.244 e. The summed E-state index contributed by atoms with van der Waals surface area (Å²) in [5.74, 6) is 1.08. The minimum absolute atomic E-state index is 0.184. The molecule has 0 radical (unpaired) electrons. The Bertz CT molecular complexity index is 335. The molecule has 1 amide bonds. The minimum atomic E-state index is -0.184. The van der Waals surface area contributed by atoms with Crippen LogP contribution in [0.3, 0.4) is 0 Å². The van der Waals surface area contributed by atoms with Crippen LogP contribution in [0.15, 0.2) is 0 Å². The van der Waals surface area contributed by atoms with Crippen molar-refractivity contribution in [2.75, 3.05) is 0 Å². The Morgan fingerprint density at radius 3 is 2.44 bits per heavy atom. The maximum absolute atomic E-state index is 12.8. The summed E-state index contributed by atoms with van der Waals surface area (Å²) in [6.45, 7) is 4.50. The van der Waals surface area contributed by atoms with E-state index in [1.165, 1.54) is 38.5 Å². The van der Waals surface area contributed by atoms with Crippen molar-refractivity contribution in [1.29, 1.82) is 0 Å². The van der Waals surface area contributed by atoms with Gasteiger partial charge in [0.2, 0.25) is 5.91 Å². The van der Waals surface area contributed by atoms with Gasteiger partial charge in [-0.25, -0.2) is 0 Å². The van der Waals surface area contributed by atoms with E-state index in [9.17, 15) is 4.79 Å². The molecule has 3 rings (SSSR count). The Hall–Kier alpha value is -0.570. The van der Waals surface area contributed by atoms with Crippen molar-refractivity contribution < 1.29 is 4.79 Å². The number of hydrogen-bond acceptors (Lipinski definition) is 2. The second-order valence-corrected chi connectivity index (χ2v) is 6.65. The number of nitrogens with zero attached hydrogens (tertiary/aromatic N) is 1. The Kier molecular flexibility index (Phi) is 3.13. The van der Waals surface area contributed by atoms with Crippen LogP contribution in [0.4, 0.5) is 0 Å². The minimum Gasteiger partial charge on any atom is -0.323 e. The lowest BCUT2D eigenvalue weighted by Crippen LogP contribution is -2.48. The third-order valence-electron chi connectivity index (χ3n) is 5.43. The Balaban J connectivity index is 1.81. The number of hydrogen-bond donors (Lipinski definition) is 1. The van der Waals surface area contributed by atoms with E-state index in [0.717, 1.165) is 12.8 Å². The molecule has 2 aliphatic carbocycles. The van der Waals surface area contributed by atoms with Crippen LogP contribution in [-0.2, 0) is 4.79 Å². The average Bonchev–Trinajstić information content (AvgIpc) is 2.89. The lowest BCUT2D eigenvalue weighted by Gasteiger charge is -2.38. The summed E-state index contributed by atoms with van der Waals surface area (Å²) in [6.07, 6.45) is 9.87. The van der Waals surface area contributed by atoms with Gasteiger partial charge in [0, 0.05) is 6.04 Å². The largest absolute Gasteiger partial charge is 0.323 e. The van der Waals surface area contributed by atoms with E-state index in [-0.39, 0.29) is 11.7 Å². The van der Waals surface area contributed by atoms with Crippen molar-refractivity contribution in [1.82, 2.24) is 10.2 Å². The standard InChI is InChI=1S/C15H26N2O/c1-11-7-3-4-8-13(11)17-12(2)16-15(14(17)18)9-5-6-10-15/h11-13,16H,3-10H2,1-2H3. The first kappa shape index (κ1) is 12.5. The molecule has 102 valence electrons. The molecule has 18 heavy (non-hydrogen) atoms. The zero-order valence-corrected chi connectivity index (χ0v) is 11.7. The molecule has 1 spiro atoms. The second kappa shape index (κ2) is 4.52. The van der Waals surface area contributed by atoms with Crippen molar-refractivity contribution in [2.45, 2.75) is 83.0 Å². The molecule has 1 N–H and O–H groups in total. The summed E-state index contributed by atoms with van der Waals surface area (Å²) in [7, 11) is 0. The molecule has 0 bridgehead atoms. The van der Waals surface area contributed by atoms with Crippen molar-refractivity contribution in [3.63, 3.8) is 0 Å². The first-order valence-electron chi connectivity index (χ1n) is 7.74. The number of rotatable bonds is 1. The van der Waals surface area contributed by atoms with Crippen molar-refractivity contribution in [3.05, 3.63) is 0 Å². The summed E-state index contributed by atoms with van der Waals surface area (Å²) in [4.78, 5) is 15.1. The van der Waals surface area contributed by atoms with Crippen LogP contribution >= 0.6 is 0 Å². The lowest BCUT2D eigenvalue weighted by atomic mass is 9.84. The van der Waals surface area contributed by atoms with E-state index in [2.05, 4.69) is 24.1 Å². The van der Waals surface area contributed by atoms with Gasteiger partial charge in [-0.15, -0.1) is 0 Å². The number of carbonyl (C=O) groups excluding carboxylic acids is 1. The van der Waals surface area contributed by atoms with Crippen LogP contribution in [0.2, 0.25) is 0 Å². The molecule has 0 aromatic rings. The van der Waals surface area contributed by atoms with Gasteiger partial charge in [-0.2, -0.15) is 0 Å². The highest BCUT2D eigenvalue weighted by atomic mass is 16.2. The normalized spacial score (nSPS) is 39.8. The maximum atomic E-state index is 12.8. The van der Waals surface area contributed by atoms with Gasteiger partial charge in [-0.3, -0.25) is 10.1 Å². The summed E-state index contributed by atoms with van der Waals surface area (Å²) >= 11 is 0. The summed E-state index contributed by atoms with van der Waals surface area (Å²) in [5.41, 5.74) is -0.184. The second-order valence-electron chi connectivity index (χ2n) is 6.65. The molecule has 1 aliphatic heterocycles. The molecular weight excluding hydrogens is 224 g/mol. The number of amides is 1. The van der Waals surface area contributed by atoms with Gasteiger partial charge >= 0.3 is 0 Å². The average molecular weight is 250 g/mol. The quantitative estimate of drug-likeness (QED) is 0.776.